The molecule has 5 nitrogen and oxygen atoms in total. The number of aromatic nitrogens is 1. The fourth-order valence-corrected chi connectivity index (χ4v) is 2.28. The molecule has 2 rings (SSSR count). The third kappa shape index (κ3) is 4.93. The van der Waals surface area contributed by atoms with Crippen LogP contribution in [0.3, 0.4) is 0 Å². The van der Waals surface area contributed by atoms with E-state index >= 15 is 0 Å². The number of nitrogens with one attached hydrogen (secondary N) is 1. The van der Waals surface area contributed by atoms with E-state index in [1.807, 2.05) is 13.0 Å². The second-order valence-corrected chi connectivity index (χ2v) is 5.64. The molecule has 0 radical (unpaired) electrons. The van der Waals surface area contributed by atoms with Crippen LogP contribution in [0.2, 0.25) is 0 Å². The van der Waals surface area contributed by atoms with Crippen LogP contribution in [0.25, 0.3) is 6.08 Å². The van der Waals surface area contributed by atoms with Crippen molar-refractivity contribution in [2.24, 2.45) is 0 Å². The quantitative estimate of drug-likeness (QED) is 0.801. The molecule has 1 aromatic heterocycles. The number of aryl methyl sites for hydroxylation is 1. The number of hydrogen-bond acceptors (Lipinski definition) is 4. The predicted octanol–water partition coefficient (Wildman–Crippen LogP) is 2.65. The number of benzene rings is 1. The molecule has 0 aliphatic heterocycles. The SMILES string of the molecule is COc1ccc(C(O)C(C)NC(=O)/C=C/c2cncc(C)c2)cc1. The first-order valence-electron chi connectivity index (χ1n) is 7.72. The minimum atomic E-state index is -0.797. The van der Waals surface area contributed by atoms with E-state index in [-0.39, 0.29) is 5.91 Å². The zero-order valence-electron chi connectivity index (χ0n) is 14.1. The van der Waals surface area contributed by atoms with Gasteiger partial charge in [0.2, 0.25) is 5.91 Å². The third-order valence-electron chi connectivity index (χ3n) is 3.62. The number of aliphatic hydroxyl groups is 1. The van der Waals surface area contributed by atoms with Gasteiger partial charge in [0, 0.05) is 18.5 Å². The van der Waals surface area contributed by atoms with Gasteiger partial charge in [0.25, 0.3) is 0 Å². The normalized spacial score (nSPS) is 13.5. The molecule has 0 aliphatic carbocycles. The van der Waals surface area contributed by atoms with Crippen LogP contribution in [-0.4, -0.2) is 29.1 Å². The van der Waals surface area contributed by atoms with Crippen LogP contribution in [0, 0.1) is 6.92 Å². The Morgan fingerprint density at radius 2 is 2.00 bits per heavy atom. The summed E-state index contributed by atoms with van der Waals surface area (Å²) in [6.07, 6.45) is 5.78. The van der Waals surface area contributed by atoms with Crippen molar-refractivity contribution in [3.05, 3.63) is 65.5 Å². The lowest BCUT2D eigenvalue weighted by atomic mass is 10.0. The lowest BCUT2D eigenvalue weighted by Crippen LogP contribution is -2.36. The molecular formula is C19H22N2O3. The molecule has 24 heavy (non-hydrogen) atoms. The fraction of sp³-hybridized carbons (Fsp3) is 0.263. The molecule has 1 aromatic carbocycles. The van der Waals surface area contributed by atoms with E-state index in [1.54, 1.807) is 56.8 Å². The van der Waals surface area contributed by atoms with Gasteiger partial charge in [-0.25, -0.2) is 0 Å². The highest BCUT2D eigenvalue weighted by Gasteiger charge is 2.17. The number of methoxy groups -OCH3 is 1. The van der Waals surface area contributed by atoms with Gasteiger partial charge in [0.05, 0.1) is 19.3 Å². The maximum Gasteiger partial charge on any atom is 0.244 e. The van der Waals surface area contributed by atoms with Gasteiger partial charge in [-0.3, -0.25) is 9.78 Å². The van der Waals surface area contributed by atoms with Crippen molar-refractivity contribution in [2.75, 3.05) is 7.11 Å². The number of carbonyl (C=O) groups excluding carboxylic acids is 1. The van der Waals surface area contributed by atoms with Crippen LogP contribution in [0.1, 0.15) is 29.7 Å². The van der Waals surface area contributed by atoms with Crippen LogP contribution in [-0.2, 0) is 4.79 Å². The van der Waals surface area contributed by atoms with Gasteiger partial charge in [-0.15, -0.1) is 0 Å². The summed E-state index contributed by atoms with van der Waals surface area (Å²) in [4.78, 5) is 16.1. The number of pyridine rings is 1. The van der Waals surface area contributed by atoms with Gasteiger partial charge in [0.1, 0.15) is 5.75 Å². The van der Waals surface area contributed by atoms with Crippen LogP contribution >= 0.6 is 0 Å². The first-order valence-corrected chi connectivity index (χ1v) is 7.72. The Bertz CT molecular complexity index is 711. The van der Waals surface area contributed by atoms with E-state index in [1.165, 1.54) is 6.08 Å². The second kappa shape index (κ2) is 8.26. The average Bonchev–Trinajstić information content (AvgIpc) is 2.59. The summed E-state index contributed by atoms with van der Waals surface area (Å²) in [5.41, 5.74) is 2.60. The van der Waals surface area contributed by atoms with Crippen molar-refractivity contribution in [2.45, 2.75) is 26.0 Å². The van der Waals surface area contributed by atoms with Gasteiger partial charge >= 0.3 is 0 Å². The molecule has 2 N–H and O–H groups in total. The van der Waals surface area contributed by atoms with Gasteiger partial charge in [-0.1, -0.05) is 12.1 Å². The molecule has 126 valence electrons. The number of rotatable bonds is 6. The molecule has 0 saturated carbocycles. The smallest absolute Gasteiger partial charge is 0.244 e. The Morgan fingerprint density at radius 3 is 2.62 bits per heavy atom. The van der Waals surface area contributed by atoms with Crippen molar-refractivity contribution in [1.29, 1.82) is 0 Å². The maximum absolute atomic E-state index is 12.0. The van der Waals surface area contributed by atoms with E-state index < -0.39 is 12.1 Å². The monoisotopic (exact) mass is 326 g/mol. The zero-order chi connectivity index (χ0) is 17.5. The minimum absolute atomic E-state index is 0.267. The third-order valence-corrected chi connectivity index (χ3v) is 3.62. The van der Waals surface area contributed by atoms with Crippen molar-refractivity contribution in [3.63, 3.8) is 0 Å². The predicted molar refractivity (Wildman–Crippen MR) is 93.6 cm³/mol. The van der Waals surface area contributed by atoms with E-state index in [0.29, 0.717) is 0 Å². The molecule has 1 heterocycles. The van der Waals surface area contributed by atoms with Crippen LogP contribution in [0.5, 0.6) is 5.75 Å². The van der Waals surface area contributed by atoms with Gasteiger partial charge in [-0.2, -0.15) is 0 Å². The summed E-state index contributed by atoms with van der Waals surface area (Å²) in [6, 6.07) is 8.62. The van der Waals surface area contributed by atoms with E-state index in [0.717, 1.165) is 22.4 Å². The summed E-state index contributed by atoms with van der Waals surface area (Å²) in [5.74, 6) is 0.453. The van der Waals surface area contributed by atoms with Crippen molar-refractivity contribution in [1.82, 2.24) is 10.3 Å². The Labute approximate surface area is 142 Å². The summed E-state index contributed by atoms with van der Waals surface area (Å²) in [5, 5.41) is 13.1. The van der Waals surface area contributed by atoms with Gasteiger partial charge < -0.3 is 15.2 Å². The molecular weight excluding hydrogens is 304 g/mol. The number of amides is 1. The second-order valence-electron chi connectivity index (χ2n) is 5.64. The molecule has 1 amide bonds. The molecule has 0 spiro atoms. The van der Waals surface area contributed by atoms with Crippen molar-refractivity contribution >= 4 is 12.0 Å². The number of hydrogen-bond donors (Lipinski definition) is 2. The molecule has 2 unspecified atom stereocenters. The van der Waals surface area contributed by atoms with Crippen molar-refractivity contribution < 1.29 is 14.6 Å². The molecule has 0 aliphatic rings. The Balaban J connectivity index is 1.94. The highest BCUT2D eigenvalue weighted by Crippen LogP contribution is 2.20. The summed E-state index contributed by atoms with van der Waals surface area (Å²) in [7, 11) is 1.59. The Hall–Kier alpha value is -2.66. The Morgan fingerprint density at radius 1 is 1.29 bits per heavy atom. The standard InChI is InChI=1S/C19H22N2O3/c1-13-10-15(12-20-11-13)4-9-18(22)21-14(2)19(23)16-5-7-17(24-3)8-6-16/h4-12,14,19,23H,1-3H3,(H,21,22)/b9-4+. The maximum atomic E-state index is 12.0. The highest BCUT2D eigenvalue weighted by molar-refractivity contribution is 5.91. The first-order chi connectivity index (χ1) is 11.5. The molecule has 0 bridgehead atoms. The molecule has 5 heteroatoms. The number of carbonyl (C=O) groups is 1. The topological polar surface area (TPSA) is 71.5 Å². The number of nitrogens with zero attached hydrogens (tertiary/aromatic N) is 1. The lowest BCUT2D eigenvalue weighted by molar-refractivity contribution is -0.117. The van der Waals surface area contributed by atoms with Crippen molar-refractivity contribution in [3.8, 4) is 5.75 Å². The van der Waals surface area contributed by atoms with Gasteiger partial charge in [0.15, 0.2) is 0 Å². The average molecular weight is 326 g/mol. The molecule has 2 aromatic rings. The van der Waals surface area contributed by atoms with E-state index in [2.05, 4.69) is 10.3 Å². The number of ether oxygens (including phenoxy) is 1. The van der Waals surface area contributed by atoms with E-state index in [9.17, 15) is 9.90 Å². The summed E-state index contributed by atoms with van der Waals surface area (Å²) < 4.78 is 5.09. The summed E-state index contributed by atoms with van der Waals surface area (Å²) in [6.45, 7) is 3.70. The molecule has 0 fully saturated rings. The number of aliphatic hydroxyl groups excluding tert-OH is 1. The highest BCUT2D eigenvalue weighted by atomic mass is 16.5. The largest absolute Gasteiger partial charge is 0.497 e. The van der Waals surface area contributed by atoms with Crippen LogP contribution < -0.4 is 10.1 Å². The fourth-order valence-electron chi connectivity index (χ4n) is 2.28. The first kappa shape index (κ1) is 17.7. The lowest BCUT2D eigenvalue weighted by Gasteiger charge is -2.20. The van der Waals surface area contributed by atoms with E-state index in [4.69, 9.17) is 4.74 Å². The minimum Gasteiger partial charge on any atom is -0.497 e. The Kier molecular flexibility index (Phi) is 6.09. The van der Waals surface area contributed by atoms with Gasteiger partial charge in [-0.05, 0) is 54.8 Å². The van der Waals surface area contributed by atoms with Crippen LogP contribution in [0.4, 0.5) is 0 Å². The zero-order valence-corrected chi connectivity index (χ0v) is 14.1. The summed E-state index contributed by atoms with van der Waals surface area (Å²) >= 11 is 0. The molecule has 0 saturated heterocycles. The molecule has 2 atom stereocenters. The van der Waals surface area contributed by atoms with Crippen LogP contribution in [0.15, 0.2) is 48.8 Å².